The molecule has 0 aliphatic rings. The monoisotopic (exact) mass is 437 g/mol. The largest absolute Gasteiger partial charge is 0.351 e. The van der Waals surface area contributed by atoms with Crippen molar-refractivity contribution >= 4 is 28.6 Å². The van der Waals surface area contributed by atoms with Crippen LogP contribution in [0.25, 0.3) is 16.6 Å². The summed E-state index contributed by atoms with van der Waals surface area (Å²) in [6.07, 6.45) is 0. The number of amides is 1. The number of carbonyl (C=O) groups excluding carboxylic acids is 1. The summed E-state index contributed by atoms with van der Waals surface area (Å²) in [6.45, 7) is 0.241. The summed E-state index contributed by atoms with van der Waals surface area (Å²) < 4.78 is 28.7. The molecule has 0 saturated carbocycles. The van der Waals surface area contributed by atoms with Crippen molar-refractivity contribution in [2.24, 2.45) is 0 Å². The molecule has 4 aromatic rings. The highest BCUT2D eigenvalue weighted by atomic mass is 32.2. The summed E-state index contributed by atoms with van der Waals surface area (Å²) >= 11 is 1.04. The third-order valence-corrected chi connectivity index (χ3v) is 5.51. The summed E-state index contributed by atoms with van der Waals surface area (Å²) in [4.78, 5) is 29.9. The zero-order valence-corrected chi connectivity index (χ0v) is 17.0. The Morgan fingerprint density at radius 1 is 0.968 bits per heavy atom. The van der Waals surface area contributed by atoms with Gasteiger partial charge in [0.25, 0.3) is 5.56 Å². The first-order valence-electron chi connectivity index (χ1n) is 9.43. The highest BCUT2D eigenvalue weighted by molar-refractivity contribution is 7.99. The van der Waals surface area contributed by atoms with Gasteiger partial charge in [-0.1, -0.05) is 48.2 Å². The number of hydrogen-bond acceptors (Lipinski definition) is 4. The molecule has 3 aromatic carbocycles. The van der Waals surface area contributed by atoms with Crippen LogP contribution in [0.2, 0.25) is 0 Å². The van der Waals surface area contributed by atoms with E-state index in [4.69, 9.17) is 0 Å². The van der Waals surface area contributed by atoms with Gasteiger partial charge in [-0.15, -0.1) is 0 Å². The van der Waals surface area contributed by atoms with Crippen LogP contribution in [0.15, 0.2) is 82.7 Å². The molecule has 0 unspecified atom stereocenters. The molecular formula is C23H17F2N3O2S. The Kier molecular flexibility index (Phi) is 6.08. The number of benzene rings is 3. The van der Waals surface area contributed by atoms with Crippen LogP contribution in [-0.2, 0) is 11.3 Å². The molecule has 0 aliphatic heterocycles. The maximum Gasteiger partial charge on any atom is 0.266 e. The minimum Gasteiger partial charge on any atom is -0.351 e. The molecule has 0 bridgehead atoms. The van der Waals surface area contributed by atoms with Gasteiger partial charge in [-0.3, -0.25) is 14.2 Å². The van der Waals surface area contributed by atoms with Crippen molar-refractivity contribution in [1.29, 1.82) is 0 Å². The third-order valence-electron chi connectivity index (χ3n) is 4.57. The van der Waals surface area contributed by atoms with Gasteiger partial charge >= 0.3 is 0 Å². The van der Waals surface area contributed by atoms with Gasteiger partial charge in [-0.25, -0.2) is 13.8 Å². The molecule has 156 valence electrons. The fourth-order valence-corrected chi connectivity index (χ4v) is 3.87. The highest BCUT2D eigenvalue weighted by Crippen LogP contribution is 2.22. The second-order valence-corrected chi connectivity index (χ2v) is 7.64. The van der Waals surface area contributed by atoms with Crippen molar-refractivity contribution in [1.82, 2.24) is 14.9 Å². The van der Waals surface area contributed by atoms with Crippen LogP contribution >= 0.6 is 11.8 Å². The molecule has 0 atom stereocenters. The predicted molar refractivity (Wildman–Crippen MR) is 116 cm³/mol. The molecule has 0 aliphatic carbocycles. The second-order valence-electron chi connectivity index (χ2n) is 6.70. The quantitative estimate of drug-likeness (QED) is 0.365. The first kappa shape index (κ1) is 20.7. The zero-order valence-electron chi connectivity index (χ0n) is 16.2. The van der Waals surface area contributed by atoms with Crippen LogP contribution in [-0.4, -0.2) is 21.2 Å². The van der Waals surface area contributed by atoms with Gasteiger partial charge in [-0.2, -0.15) is 0 Å². The van der Waals surface area contributed by atoms with Crippen LogP contribution in [0.4, 0.5) is 8.78 Å². The van der Waals surface area contributed by atoms with Gasteiger partial charge < -0.3 is 5.32 Å². The van der Waals surface area contributed by atoms with E-state index in [1.54, 1.807) is 42.5 Å². The molecule has 31 heavy (non-hydrogen) atoms. The topological polar surface area (TPSA) is 64.0 Å². The van der Waals surface area contributed by atoms with E-state index in [2.05, 4.69) is 10.3 Å². The number of carbonyl (C=O) groups is 1. The van der Waals surface area contributed by atoms with Crippen LogP contribution < -0.4 is 10.9 Å². The maximum absolute atomic E-state index is 14.5. The summed E-state index contributed by atoms with van der Waals surface area (Å²) in [7, 11) is 0. The molecule has 1 amide bonds. The highest BCUT2D eigenvalue weighted by Gasteiger charge is 2.17. The molecule has 5 nitrogen and oxygen atoms in total. The number of nitrogens with one attached hydrogen (secondary N) is 1. The van der Waals surface area contributed by atoms with E-state index in [-0.39, 0.29) is 34.9 Å². The van der Waals surface area contributed by atoms with E-state index in [9.17, 15) is 18.4 Å². The predicted octanol–water partition coefficient (Wildman–Crippen LogP) is 4.07. The standard InChI is InChI=1S/C23H17F2N3O2S/c24-16-11-9-15(10-12-16)13-26-21(29)14-31-23-27-19-7-3-1-5-17(19)22(30)28(23)20-8-4-2-6-18(20)25/h1-12H,13-14H2,(H,26,29). The van der Waals surface area contributed by atoms with Crippen molar-refractivity contribution in [3.63, 3.8) is 0 Å². The van der Waals surface area contributed by atoms with Crippen LogP contribution in [0.5, 0.6) is 0 Å². The molecule has 4 rings (SSSR count). The molecule has 1 heterocycles. The summed E-state index contributed by atoms with van der Waals surface area (Å²) in [5.74, 6) is -1.24. The molecular weight excluding hydrogens is 420 g/mol. The zero-order chi connectivity index (χ0) is 21.8. The van der Waals surface area contributed by atoms with Gasteiger partial charge in [0, 0.05) is 6.54 Å². The fraction of sp³-hybridized carbons (Fsp3) is 0.0870. The fourth-order valence-electron chi connectivity index (χ4n) is 3.04. The second kappa shape index (κ2) is 9.09. The van der Waals surface area contributed by atoms with Crippen LogP contribution in [0.3, 0.4) is 0 Å². The Bertz CT molecular complexity index is 1310. The molecule has 8 heteroatoms. The van der Waals surface area contributed by atoms with Crippen molar-refractivity contribution in [2.45, 2.75) is 11.7 Å². The summed E-state index contributed by atoms with van der Waals surface area (Å²) in [5.41, 5.74) is 0.881. The number of halogens is 2. The normalized spacial score (nSPS) is 10.9. The van der Waals surface area contributed by atoms with Crippen molar-refractivity contribution in [3.8, 4) is 5.69 Å². The molecule has 0 saturated heterocycles. The van der Waals surface area contributed by atoms with E-state index in [0.717, 1.165) is 17.3 Å². The summed E-state index contributed by atoms with van der Waals surface area (Å²) in [5, 5.41) is 3.31. The minimum atomic E-state index is -0.565. The molecule has 0 radical (unpaired) electrons. The maximum atomic E-state index is 14.5. The Morgan fingerprint density at radius 3 is 2.45 bits per heavy atom. The van der Waals surface area contributed by atoms with Crippen molar-refractivity contribution in [2.75, 3.05) is 5.75 Å². The Morgan fingerprint density at radius 2 is 1.68 bits per heavy atom. The Labute approximate surface area is 180 Å². The minimum absolute atomic E-state index is 0.0274. The Hall–Kier alpha value is -3.52. The lowest BCUT2D eigenvalue weighted by atomic mass is 10.2. The lowest BCUT2D eigenvalue weighted by Gasteiger charge is -2.14. The van der Waals surface area contributed by atoms with Crippen LogP contribution in [0.1, 0.15) is 5.56 Å². The molecule has 0 spiro atoms. The van der Waals surface area contributed by atoms with E-state index in [1.807, 2.05) is 0 Å². The van der Waals surface area contributed by atoms with E-state index < -0.39 is 11.4 Å². The van der Waals surface area contributed by atoms with Gasteiger partial charge in [0.2, 0.25) is 5.91 Å². The smallest absolute Gasteiger partial charge is 0.266 e. The number of para-hydroxylation sites is 2. The number of nitrogens with zero attached hydrogens (tertiary/aromatic N) is 2. The van der Waals surface area contributed by atoms with Gasteiger partial charge in [0.15, 0.2) is 5.16 Å². The number of rotatable bonds is 6. The number of aromatic nitrogens is 2. The first-order chi connectivity index (χ1) is 15.0. The van der Waals surface area contributed by atoms with Crippen molar-refractivity contribution in [3.05, 3.63) is 100 Å². The lowest BCUT2D eigenvalue weighted by molar-refractivity contribution is -0.118. The van der Waals surface area contributed by atoms with Gasteiger partial charge in [-0.05, 0) is 42.0 Å². The number of thioether (sulfide) groups is 1. The SMILES string of the molecule is O=C(CSc1nc2ccccc2c(=O)n1-c1ccccc1F)NCc1ccc(F)cc1. The average Bonchev–Trinajstić information content (AvgIpc) is 2.78. The van der Waals surface area contributed by atoms with Crippen LogP contribution in [0, 0.1) is 11.6 Å². The van der Waals surface area contributed by atoms with E-state index in [1.165, 1.54) is 34.9 Å². The lowest BCUT2D eigenvalue weighted by Crippen LogP contribution is -2.26. The number of hydrogen-bond donors (Lipinski definition) is 1. The molecule has 1 aromatic heterocycles. The first-order valence-corrected chi connectivity index (χ1v) is 10.4. The van der Waals surface area contributed by atoms with E-state index >= 15 is 0 Å². The average molecular weight is 437 g/mol. The van der Waals surface area contributed by atoms with Crippen molar-refractivity contribution < 1.29 is 13.6 Å². The molecule has 0 fully saturated rings. The van der Waals surface area contributed by atoms with Gasteiger partial charge in [0.05, 0.1) is 22.3 Å². The Balaban J connectivity index is 1.60. The third kappa shape index (κ3) is 4.64. The molecule has 1 N–H and O–H groups in total. The van der Waals surface area contributed by atoms with Gasteiger partial charge in [0.1, 0.15) is 11.6 Å². The summed E-state index contributed by atoms with van der Waals surface area (Å²) in [6, 6.07) is 18.5. The van der Waals surface area contributed by atoms with E-state index in [0.29, 0.717) is 10.9 Å². The number of fused-ring (bicyclic) bond motifs is 1.